The monoisotopic (exact) mass is 304 g/mol. The average Bonchev–Trinajstić information content (AvgIpc) is 2.45. The highest BCUT2D eigenvalue weighted by atomic mass is 19.4. The second-order valence-corrected chi connectivity index (χ2v) is 4.87. The first-order valence-electron chi connectivity index (χ1n) is 6.41. The molecule has 1 fully saturated rings. The Morgan fingerprint density at radius 1 is 1.48 bits per heavy atom. The summed E-state index contributed by atoms with van der Waals surface area (Å²) in [6.45, 7) is 0.0716. The highest BCUT2D eigenvalue weighted by molar-refractivity contribution is 5.77. The van der Waals surface area contributed by atoms with Crippen LogP contribution in [0.5, 0.6) is 0 Å². The molecule has 0 aromatic carbocycles. The molecule has 0 radical (unpaired) electrons. The number of piperidine rings is 1. The van der Waals surface area contributed by atoms with Crippen molar-refractivity contribution in [3.05, 3.63) is 17.5 Å². The van der Waals surface area contributed by atoms with Gasteiger partial charge in [0.2, 0.25) is 11.9 Å². The van der Waals surface area contributed by atoms with Crippen molar-refractivity contribution >= 4 is 11.9 Å². The average molecular weight is 304 g/mol. The van der Waals surface area contributed by atoms with Crippen molar-refractivity contribution in [3.8, 4) is 0 Å². The number of aliphatic hydroxyl groups is 1. The third-order valence-electron chi connectivity index (χ3n) is 3.38. The second-order valence-electron chi connectivity index (χ2n) is 4.87. The second kappa shape index (κ2) is 5.84. The fourth-order valence-electron chi connectivity index (χ4n) is 2.38. The van der Waals surface area contributed by atoms with E-state index in [0.29, 0.717) is 19.4 Å². The van der Waals surface area contributed by atoms with Crippen LogP contribution in [0.15, 0.2) is 6.07 Å². The maximum absolute atomic E-state index is 12.7. The molecule has 0 saturated carbocycles. The standard InChI is InChI=1S/C12H15F3N4O2/c13-12(14,15)9-4-8(17-11(16)18-9)7-2-1-3-19(5-7)10(21)6-20/h4,7,20H,1-3,5-6H2,(H2,16,17,18). The van der Waals surface area contributed by atoms with Crippen molar-refractivity contribution in [1.82, 2.24) is 14.9 Å². The molecule has 3 N–H and O–H groups in total. The van der Waals surface area contributed by atoms with Gasteiger partial charge in [-0.15, -0.1) is 0 Å². The molecular weight excluding hydrogens is 289 g/mol. The topological polar surface area (TPSA) is 92.3 Å². The molecule has 2 rings (SSSR count). The van der Waals surface area contributed by atoms with Crippen molar-refractivity contribution in [2.75, 3.05) is 25.4 Å². The predicted octanol–water partition coefficient (Wildman–Crippen LogP) is 0.776. The van der Waals surface area contributed by atoms with Gasteiger partial charge in [-0.1, -0.05) is 0 Å². The molecule has 1 unspecified atom stereocenters. The van der Waals surface area contributed by atoms with E-state index in [9.17, 15) is 18.0 Å². The summed E-state index contributed by atoms with van der Waals surface area (Å²) >= 11 is 0. The third kappa shape index (κ3) is 3.60. The molecule has 1 aliphatic rings. The zero-order chi connectivity index (χ0) is 15.6. The van der Waals surface area contributed by atoms with Gasteiger partial charge in [0.25, 0.3) is 0 Å². The number of nitrogens with zero attached hydrogens (tertiary/aromatic N) is 3. The molecule has 21 heavy (non-hydrogen) atoms. The molecule has 1 saturated heterocycles. The van der Waals surface area contributed by atoms with E-state index in [2.05, 4.69) is 9.97 Å². The minimum absolute atomic E-state index is 0.172. The van der Waals surface area contributed by atoms with Crippen molar-refractivity contribution in [2.24, 2.45) is 0 Å². The lowest BCUT2D eigenvalue weighted by molar-refractivity contribution is -0.141. The van der Waals surface area contributed by atoms with Crippen LogP contribution in [0.1, 0.15) is 30.1 Å². The fourth-order valence-corrected chi connectivity index (χ4v) is 2.38. The van der Waals surface area contributed by atoms with Gasteiger partial charge in [-0.3, -0.25) is 4.79 Å². The Kier molecular flexibility index (Phi) is 4.31. The van der Waals surface area contributed by atoms with Crippen molar-refractivity contribution in [3.63, 3.8) is 0 Å². The zero-order valence-electron chi connectivity index (χ0n) is 11.1. The third-order valence-corrected chi connectivity index (χ3v) is 3.38. The van der Waals surface area contributed by atoms with E-state index in [1.54, 1.807) is 0 Å². The summed E-state index contributed by atoms with van der Waals surface area (Å²) in [4.78, 5) is 19.9. The van der Waals surface area contributed by atoms with E-state index in [0.717, 1.165) is 6.07 Å². The minimum atomic E-state index is -4.60. The highest BCUT2D eigenvalue weighted by Gasteiger charge is 2.35. The molecule has 1 aromatic rings. The number of carbonyl (C=O) groups is 1. The number of carbonyl (C=O) groups excluding carboxylic acids is 1. The first kappa shape index (κ1) is 15.5. The molecular formula is C12H15F3N4O2. The van der Waals surface area contributed by atoms with Crippen LogP contribution in [0.4, 0.5) is 19.1 Å². The van der Waals surface area contributed by atoms with Gasteiger partial charge in [-0.05, 0) is 18.9 Å². The number of nitrogen functional groups attached to an aromatic ring is 1. The number of aliphatic hydroxyl groups excluding tert-OH is 1. The van der Waals surface area contributed by atoms with Crippen LogP contribution in [-0.4, -0.2) is 45.6 Å². The predicted molar refractivity (Wildman–Crippen MR) is 67.1 cm³/mol. The lowest BCUT2D eigenvalue weighted by Crippen LogP contribution is -2.40. The van der Waals surface area contributed by atoms with Gasteiger partial charge < -0.3 is 15.7 Å². The molecule has 6 nitrogen and oxygen atoms in total. The molecule has 1 aromatic heterocycles. The fraction of sp³-hybridized carbons (Fsp3) is 0.583. The quantitative estimate of drug-likeness (QED) is 0.842. The number of rotatable bonds is 2. The summed E-state index contributed by atoms with van der Waals surface area (Å²) in [5.74, 6) is -1.23. The van der Waals surface area contributed by atoms with Crippen LogP contribution in [0.3, 0.4) is 0 Å². The molecule has 2 heterocycles. The number of hydrogen-bond acceptors (Lipinski definition) is 5. The number of alkyl halides is 3. The first-order valence-corrected chi connectivity index (χ1v) is 6.41. The largest absolute Gasteiger partial charge is 0.433 e. The normalized spacial score (nSPS) is 19.6. The van der Waals surface area contributed by atoms with Crippen molar-refractivity contribution < 1.29 is 23.1 Å². The number of aromatic nitrogens is 2. The van der Waals surface area contributed by atoms with E-state index >= 15 is 0 Å². The summed E-state index contributed by atoms with van der Waals surface area (Å²) in [5.41, 5.74) is 4.42. The van der Waals surface area contributed by atoms with E-state index < -0.39 is 30.3 Å². The molecule has 0 aliphatic carbocycles. The lowest BCUT2D eigenvalue weighted by atomic mass is 9.94. The molecule has 1 aliphatic heterocycles. The number of anilines is 1. The van der Waals surface area contributed by atoms with Gasteiger partial charge in [0.1, 0.15) is 12.3 Å². The molecule has 0 bridgehead atoms. The molecule has 1 atom stereocenters. The highest BCUT2D eigenvalue weighted by Crippen LogP contribution is 2.32. The van der Waals surface area contributed by atoms with E-state index in [-0.39, 0.29) is 18.2 Å². The van der Waals surface area contributed by atoms with Gasteiger partial charge >= 0.3 is 6.18 Å². The van der Waals surface area contributed by atoms with Gasteiger partial charge in [-0.2, -0.15) is 13.2 Å². The Balaban J connectivity index is 2.25. The zero-order valence-corrected chi connectivity index (χ0v) is 11.1. The van der Waals surface area contributed by atoms with Crippen LogP contribution in [0.25, 0.3) is 0 Å². The van der Waals surface area contributed by atoms with Gasteiger partial charge in [-0.25, -0.2) is 9.97 Å². The maximum atomic E-state index is 12.7. The van der Waals surface area contributed by atoms with Crippen LogP contribution in [0, 0.1) is 0 Å². The summed E-state index contributed by atoms with van der Waals surface area (Å²) in [6, 6.07) is 0.869. The first-order chi connectivity index (χ1) is 9.81. The Labute approximate surface area is 118 Å². The summed E-state index contributed by atoms with van der Waals surface area (Å²) < 4.78 is 38.2. The van der Waals surface area contributed by atoms with Crippen LogP contribution in [0.2, 0.25) is 0 Å². The Hall–Kier alpha value is -1.90. The van der Waals surface area contributed by atoms with E-state index in [1.165, 1.54) is 4.90 Å². The van der Waals surface area contributed by atoms with Gasteiger partial charge in [0.15, 0.2) is 0 Å². The number of nitrogens with two attached hydrogens (primary N) is 1. The SMILES string of the molecule is Nc1nc(C2CCCN(C(=O)CO)C2)cc(C(F)(F)F)n1. The summed E-state index contributed by atoms with van der Waals surface area (Å²) in [7, 11) is 0. The molecule has 0 spiro atoms. The molecule has 9 heteroatoms. The minimum Gasteiger partial charge on any atom is -0.387 e. The summed E-state index contributed by atoms with van der Waals surface area (Å²) in [5, 5.41) is 8.85. The van der Waals surface area contributed by atoms with Crippen molar-refractivity contribution in [1.29, 1.82) is 0 Å². The van der Waals surface area contributed by atoms with Crippen LogP contribution in [-0.2, 0) is 11.0 Å². The Morgan fingerprint density at radius 2 is 2.19 bits per heavy atom. The number of hydrogen-bond donors (Lipinski definition) is 2. The Morgan fingerprint density at radius 3 is 2.81 bits per heavy atom. The smallest absolute Gasteiger partial charge is 0.387 e. The van der Waals surface area contributed by atoms with E-state index in [4.69, 9.17) is 10.8 Å². The van der Waals surface area contributed by atoms with Crippen molar-refractivity contribution in [2.45, 2.75) is 24.9 Å². The van der Waals surface area contributed by atoms with Crippen LogP contribution >= 0.6 is 0 Å². The summed E-state index contributed by atoms with van der Waals surface area (Å²) in [6.07, 6.45) is -3.37. The number of likely N-dealkylation sites (tertiary alicyclic amines) is 1. The molecule has 116 valence electrons. The van der Waals surface area contributed by atoms with Gasteiger partial charge in [0.05, 0.1) is 5.69 Å². The van der Waals surface area contributed by atoms with Gasteiger partial charge in [0, 0.05) is 19.0 Å². The lowest BCUT2D eigenvalue weighted by Gasteiger charge is -2.32. The molecule has 1 amide bonds. The Bertz CT molecular complexity index is 536. The van der Waals surface area contributed by atoms with Crippen LogP contribution < -0.4 is 5.73 Å². The number of halogens is 3. The number of amides is 1. The van der Waals surface area contributed by atoms with E-state index in [1.807, 2.05) is 0 Å². The maximum Gasteiger partial charge on any atom is 0.433 e.